The summed E-state index contributed by atoms with van der Waals surface area (Å²) in [5.74, 6) is -1.72. The number of halogens is 7. The normalized spacial score (nSPS) is 16.5. The highest BCUT2D eigenvalue weighted by atomic mass is 35.5. The number of carbonyl (C=O) groups is 1. The number of benzene rings is 2. The van der Waals surface area contributed by atoms with Crippen molar-refractivity contribution in [3.8, 4) is 0 Å². The van der Waals surface area contributed by atoms with Gasteiger partial charge in [-0.1, -0.05) is 23.7 Å². The van der Waals surface area contributed by atoms with Crippen LogP contribution in [0.2, 0.25) is 5.02 Å². The summed E-state index contributed by atoms with van der Waals surface area (Å²) in [5.41, 5.74) is -1.06. The lowest BCUT2D eigenvalue weighted by Gasteiger charge is -2.37. The Kier molecular flexibility index (Phi) is 6.67. The highest BCUT2D eigenvalue weighted by Crippen LogP contribution is 2.39. The highest BCUT2D eigenvalue weighted by molar-refractivity contribution is 6.31. The fraction of sp³-hybridized carbons (Fsp3) is 0.381. The predicted molar refractivity (Wildman–Crippen MR) is 106 cm³/mol. The van der Waals surface area contributed by atoms with Crippen molar-refractivity contribution in [2.24, 2.45) is 5.92 Å². The molecule has 2 N–H and O–H groups in total. The minimum atomic E-state index is -4.73. The molecule has 1 aliphatic heterocycles. The molecule has 3 rings (SSSR count). The molecule has 0 aliphatic carbocycles. The first-order chi connectivity index (χ1) is 14.8. The quantitative estimate of drug-likeness (QED) is 0.506. The van der Waals surface area contributed by atoms with Crippen molar-refractivity contribution >= 4 is 23.3 Å². The summed E-state index contributed by atoms with van der Waals surface area (Å²) in [6.07, 6.45) is -9.43. The van der Waals surface area contributed by atoms with Crippen LogP contribution in [0.3, 0.4) is 0 Å². The minimum Gasteiger partial charge on any atom is -0.481 e. The Balaban J connectivity index is 1.90. The summed E-state index contributed by atoms with van der Waals surface area (Å²) >= 11 is 5.89. The average Bonchev–Trinajstić information content (AvgIpc) is 2.62. The number of aliphatic carboxylic acids is 1. The van der Waals surface area contributed by atoms with Crippen LogP contribution < -0.4 is 5.32 Å². The predicted octanol–water partition coefficient (Wildman–Crippen LogP) is 5.90. The van der Waals surface area contributed by atoms with Crippen LogP contribution >= 0.6 is 11.6 Å². The second kappa shape index (κ2) is 8.82. The van der Waals surface area contributed by atoms with Gasteiger partial charge in [-0.25, -0.2) is 0 Å². The van der Waals surface area contributed by atoms with Crippen molar-refractivity contribution in [2.75, 3.05) is 18.4 Å². The zero-order valence-electron chi connectivity index (χ0n) is 16.7. The van der Waals surface area contributed by atoms with Gasteiger partial charge in [0, 0.05) is 30.3 Å². The number of anilines is 1. The third-order valence-electron chi connectivity index (χ3n) is 5.26. The van der Waals surface area contributed by atoms with Crippen LogP contribution in [-0.4, -0.2) is 35.2 Å². The van der Waals surface area contributed by atoms with Gasteiger partial charge in [0.05, 0.1) is 11.5 Å². The molecule has 1 saturated heterocycles. The molecule has 174 valence electrons. The van der Waals surface area contributed by atoms with Crippen LogP contribution in [-0.2, 0) is 17.5 Å². The fourth-order valence-electron chi connectivity index (χ4n) is 3.56. The maximum absolute atomic E-state index is 13.7. The smallest absolute Gasteiger partial charge is 0.416 e. The molecule has 4 nitrogen and oxygen atoms in total. The highest BCUT2D eigenvalue weighted by Gasteiger charge is 2.42. The van der Waals surface area contributed by atoms with Gasteiger partial charge in [0.1, 0.15) is 6.04 Å². The van der Waals surface area contributed by atoms with Crippen molar-refractivity contribution in [2.45, 2.75) is 31.9 Å². The molecule has 2 aromatic rings. The third-order valence-corrected chi connectivity index (χ3v) is 5.69. The Morgan fingerprint density at radius 1 is 1.16 bits per heavy atom. The van der Waals surface area contributed by atoms with Crippen LogP contribution in [0.1, 0.15) is 28.3 Å². The molecule has 1 aliphatic rings. The summed E-state index contributed by atoms with van der Waals surface area (Å²) in [6.45, 7) is 1.46. The second-order valence-electron chi connectivity index (χ2n) is 7.73. The van der Waals surface area contributed by atoms with Crippen molar-refractivity contribution < 1.29 is 36.2 Å². The number of aryl methyl sites for hydroxylation is 1. The van der Waals surface area contributed by atoms with Crippen LogP contribution in [0.4, 0.5) is 32.0 Å². The van der Waals surface area contributed by atoms with Gasteiger partial charge in [0.15, 0.2) is 0 Å². The lowest BCUT2D eigenvalue weighted by molar-refractivity contribution is -0.148. The summed E-state index contributed by atoms with van der Waals surface area (Å²) in [7, 11) is 0. The van der Waals surface area contributed by atoms with E-state index >= 15 is 0 Å². The number of hydrogen-bond acceptors (Lipinski definition) is 3. The van der Waals surface area contributed by atoms with E-state index in [-0.39, 0.29) is 36.4 Å². The third kappa shape index (κ3) is 5.47. The standard InChI is InChI=1S/C21H19ClF6N2O2/c1-11-6-12(2-5-17(11)22)18(21(26,27)28)29-15-3-4-16(20(23,24)25)13(7-15)8-30-9-14(10-30)19(31)32/h2-7,14,18,29H,8-10H2,1H3,(H,31,32). The Morgan fingerprint density at radius 2 is 1.81 bits per heavy atom. The van der Waals surface area contributed by atoms with E-state index in [1.54, 1.807) is 6.92 Å². The van der Waals surface area contributed by atoms with Crippen LogP contribution in [0.5, 0.6) is 0 Å². The van der Waals surface area contributed by atoms with E-state index in [1.165, 1.54) is 23.1 Å². The molecule has 2 aromatic carbocycles. The van der Waals surface area contributed by atoms with Crippen LogP contribution in [0.15, 0.2) is 36.4 Å². The molecule has 11 heteroatoms. The lowest BCUT2D eigenvalue weighted by Crippen LogP contribution is -2.49. The van der Waals surface area contributed by atoms with Gasteiger partial charge in [-0.15, -0.1) is 0 Å². The number of nitrogens with one attached hydrogen (secondary N) is 1. The zero-order chi connectivity index (χ0) is 23.8. The molecule has 0 aromatic heterocycles. The maximum Gasteiger partial charge on any atom is 0.416 e. The molecular weight excluding hydrogens is 462 g/mol. The maximum atomic E-state index is 13.7. The number of carboxylic acid groups (broad SMARTS) is 1. The van der Waals surface area contributed by atoms with Gasteiger partial charge in [0.25, 0.3) is 0 Å². The zero-order valence-corrected chi connectivity index (χ0v) is 17.4. The Hall–Kier alpha value is -2.46. The van der Waals surface area contributed by atoms with Crippen molar-refractivity contribution in [3.05, 3.63) is 63.7 Å². The van der Waals surface area contributed by atoms with E-state index in [1.807, 2.05) is 0 Å². The molecule has 0 spiro atoms. The largest absolute Gasteiger partial charge is 0.481 e. The van der Waals surface area contributed by atoms with Gasteiger partial charge < -0.3 is 10.4 Å². The van der Waals surface area contributed by atoms with Crippen molar-refractivity contribution in [1.29, 1.82) is 0 Å². The van der Waals surface area contributed by atoms with Gasteiger partial charge in [-0.05, 0) is 47.9 Å². The first kappa shape index (κ1) is 24.2. The van der Waals surface area contributed by atoms with Gasteiger partial charge in [-0.2, -0.15) is 26.3 Å². The first-order valence-electron chi connectivity index (χ1n) is 9.50. The molecule has 1 fully saturated rings. The average molecular weight is 481 g/mol. The van der Waals surface area contributed by atoms with E-state index in [0.29, 0.717) is 10.6 Å². The van der Waals surface area contributed by atoms with Crippen LogP contribution in [0, 0.1) is 12.8 Å². The number of nitrogens with zero attached hydrogens (tertiary/aromatic N) is 1. The van der Waals surface area contributed by atoms with Crippen molar-refractivity contribution in [1.82, 2.24) is 4.90 Å². The Morgan fingerprint density at radius 3 is 2.34 bits per heavy atom. The number of likely N-dealkylation sites (tertiary alicyclic amines) is 1. The van der Waals surface area contributed by atoms with E-state index in [4.69, 9.17) is 16.7 Å². The van der Waals surface area contributed by atoms with Crippen molar-refractivity contribution in [3.63, 3.8) is 0 Å². The minimum absolute atomic E-state index is 0.0690. The fourth-order valence-corrected chi connectivity index (χ4v) is 3.67. The molecule has 0 bridgehead atoms. The Bertz CT molecular complexity index is 1000. The topological polar surface area (TPSA) is 52.6 Å². The van der Waals surface area contributed by atoms with E-state index < -0.39 is 35.8 Å². The molecule has 32 heavy (non-hydrogen) atoms. The monoisotopic (exact) mass is 480 g/mol. The SMILES string of the molecule is Cc1cc(C(Nc2ccc(C(F)(F)F)c(CN3CC(C(=O)O)C3)c2)C(F)(F)F)ccc1Cl. The Labute approximate surface area is 184 Å². The van der Waals surface area contributed by atoms with Gasteiger partial charge in [-0.3, -0.25) is 9.69 Å². The number of alkyl halides is 6. The van der Waals surface area contributed by atoms with E-state index in [0.717, 1.165) is 18.2 Å². The molecule has 0 saturated carbocycles. The van der Waals surface area contributed by atoms with Gasteiger partial charge in [0.2, 0.25) is 0 Å². The molecule has 1 heterocycles. The summed E-state index contributed by atoms with van der Waals surface area (Å²) in [4.78, 5) is 12.4. The second-order valence-corrected chi connectivity index (χ2v) is 8.13. The molecular formula is C21H19ClF6N2O2. The van der Waals surface area contributed by atoms with E-state index in [2.05, 4.69) is 5.32 Å². The summed E-state index contributed by atoms with van der Waals surface area (Å²) in [5, 5.41) is 11.5. The molecule has 1 atom stereocenters. The van der Waals surface area contributed by atoms with Gasteiger partial charge >= 0.3 is 18.3 Å². The van der Waals surface area contributed by atoms with Crippen LogP contribution in [0.25, 0.3) is 0 Å². The number of rotatable bonds is 6. The number of carboxylic acids is 1. The molecule has 1 unspecified atom stereocenters. The lowest BCUT2D eigenvalue weighted by atomic mass is 9.97. The van der Waals surface area contributed by atoms with E-state index in [9.17, 15) is 31.1 Å². The summed E-state index contributed by atoms with van der Waals surface area (Å²) < 4.78 is 81.5. The molecule has 0 radical (unpaired) electrons. The summed E-state index contributed by atoms with van der Waals surface area (Å²) in [6, 6.07) is 4.34. The first-order valence-corrected chi connectivity index (χ1v) is 9.88. The number of hydrogen-bond donors (Lipinski definition) is 2. The molecule has 0 amide bonds.